The first-order valence-electron chi connectivity index (χ1n) is 21.5. The van der Waals surface area contributed by atoms with Crippen LogP contribution in [0.3, 0.4) is 0 Å². The van der Waals surface area contributed by atoms with Crippen LogP contribution in [0.5, 0.6) is 11.5 Å². The third-order valence-corrected chi connectivity index (χ3v) is 18.5. The lowest BCUT2D eigenvalue weighted by Gasteiger charge is -2.42. The molecule has 0 bridgehead atoms. The second-order valence-corrected chi connectivity index (χ2v) is 23.8. The van der Waals surface area contributed by atoms with E-state index in [2.05, 4.69) is 94.7 Å². The second-order valence-electron chi connectivity index (χ2n) is 17.6. The lowest BCUT2D eigenvalue weighted by Crippen LogP contribution is -2.50. The van der Waals surface area contributed by atoms with Gasteiger partial charge in [0.15, 0.2) is 26.0 Å². The Bertz CT molecular complexity index is 2210. The number of fused-ring (bicyclic) bond motifs is 1. The van der Waals surface area contributed by atoms with Gasteiger partial charge in [0.25, 0.3) is 8.53 Å². The zero-order chi connectivity index (χ0) is 45.5. The van der Waals surface area contributed by atoms with E-state index in [-0.39, 0.29) is 36.8 Å². The fourth-order valence-electron chi connectivity index (χ4n) is 7.74. The monoisotopic (exact) mass is 897 g/mol. The van der Waals surface area contributed by atoms with Gasteiger partial charge in [0.2, 0.25) is 0 Å². The van der Waals surface area contributed by atoms with Crippen LogP contribution in [-0.4, -0.2) is 97.4 Å². The molecule has 0 saturated carbocycles. The number of nitrogens with zero attached hydrogens (tertiary/aromatic N) is 6. The van der Waals surface area contributed by atoms with E-state index in [1.165, 1.54) is 6.33 Å². The minimum Gasteiger partial charge on any atom is -0.497 e. The Labute approximate surface area is 375 Å². The molecule has 14 nitrogen and oxygen atoms in total. The summed E-state index contributed by atoms with van der Waals surface area (Å²) >= 11 is 0. The average Bonchev–Trinajstić information content (AvgIpc) is 3.84. The van der Waals surface area contributed by atoms with Gasteiger partial charge in [-0.2, -0.15) is 5.26 Å². The zero-order valence-electron chi connectivity index (χ0n) is 38.7. The highest BCUT2D eigenvalue weighted by atomic mass is 31.2. The summed E-state index contributed by atoms with van der Waals surface area (Å²) in [7, 11) is 0.801. The molecule has 0 aliphatic carbocycles. The quantitative estimate of drug-likeness (QED) is 0.0343. The molecule has 5 atom stereocenters. The standard InChI is InChI=1S/C47H64N7O7PSi/c1-32(2)54(33(3)4)62(58-28-16-27-48)60-41-39(59-45(42(41)61-63(11,12)46(5,6)7)53-31-52-40-43(49-8)50-30-51-44(40)53)29-57-47(34-17-14-13-15-18-34,35-19-23-37(55-9)24-20-35)36-21-25-38(56-10)26-22-36/h13-15,17-26,30-33,39,41-42,45H,16,28-29H2,1-12H3,(H,49,50,51)/t39-,41?,42+,45-,62?/m1/s1. The fourth-order valence-corrected chi connectivity index (χ4v) is 10.8. The molecule has 2 unspecified atom stereocenters. The molecule has 2 aromatic heterocycles. The Morgan fingerprint density at radius 3 is 1.97 bits per heavy atom. The molecule has 1 saturated heterocycles. The highest BCUT2D eigenvalue weighted by Crippen LogP contribution is 2.53. The zero-order valence-corrected chi connectivity index (χ0v) is 40.6. The summed E-state index contributed by atoms with van der Waals surface area (Å²) in [6, 6.07) is 28.4. The number of nitriles is 1. The van der Waals surface area contributed by atoms with Crippen LogP contribution in [0.2, 0.25) is 18.1 Å². The van der Waals surface area contributed by atoms with Gasteiger partial charge in [-0.05, 0) is 86.8 Å². The normalized spacial score (nSPS) is 18.9. The van der Waals surface area contributed by atoms with E-state index in [4.69, 9.17) is 42.4 Å². The van der Waals surface area contributed by atoms with Crippen molar-refractivity contribution in [3.05, 3.63) is 108 Å². The van der Waals surface area contributed by atoms with Crippen molar-refractivity contribution >= 4 is 33.8 Å². The first kappa shape index (κ1) is 48.0. The molecule has 1 fully saturated rings. The molecule has 3 aromatic carbocycles. The van der Waals surface area contributed by atoms with E-state index >= 15 is 0 Å². The summed E-state index contributed by atoms with van der Waals surface area (Å²) in [4.78, 5) is 13.9. The molecule has 0 spiro atoms. The number of ether oxygens (including phenoxy) is 4. The van der Waals surface area contributed by atoms with Crippen LogP contribution in [0.4, 0.5) is 5.82 Å². The summed E-state index contributed by atoms with van der Waals surface area (Å²) in [5.41, 5.74) is 2.70. The molecule has 5 aromatic rings. The minimum absolute atomic E-state index is 0.0518. The smallest absolute Gasteiger partial charge is 0.259 e. The number of anilines is 1. The van der Waals surface area contributed by atoms with Crippen LogP contribution in [0.15, 0.2) is 91.5 Å². The summed E-state index contributed by atoms with van der Waals surface area (Å²) in [6.45, 7) is 19.9. The van der Waals surface area contributed by atoms with Crippen molar-refractivity contribution in [1.82, 2.24) is 24.2 Å². The second kappa shape index (κ2) is 20.6. The Balaban J connectivity index is 1.56. The molecule has 16 heteroatoms. The van der Waals surface area contributed by atoms with Gasteiger partial charge in [0, 0.05) is 19.1 Å². The maximum atomic E-state index is 9.59. The molecule has 1 aliphatic rings. The van der Waals surface area contributed by atoms with Crippen LogP contribution in [0, 0.1) is 11.3 Å². The van der Waals surface area contributed by atoms with Gasteiger partial charge in [0.05, 0.1) is 46.3 Å². The van der Waals surface area contributed by atoms with Crippen LogP contribution in [0.1, 0.15) is 77.8 Å². The number of nitrogens with one attached hydrogen (secondary N) is 1. The summed E-state index contributed by atoms with van der Waals surface area (Å²) < 4.78 is 51.7. The summed E-state index contributed by atoms with van der Waals surface area (Å²) in [6.07, 6.45) is 0.574. The number of methoxy groups -OCH3 is 2. The largest absolute Gasteiger partial charge is 0.497 e. The fraction of sp³-hybridized carbons (Fsp3) is 0.489. The number of aromatic nitrogens is 4. The summed E-state index contributed by atoms with van der Waals surface area (Å²) in [5, 5.41) is 12.6. The SMILES string of the molecule is CNc1ncnc2c1ncn2[C@@H]1O[C@H](COC(c2ccccc2)(c2ccc(OC)cc2)c2ccc(OC)cc2)C(OP(OCCC#N)N(C(C)C)C(C)C)[C@@H]1O[Si](C)(C)C(C)(C)C. The lowest BCUT2D eigenvalue weighted by molar-refractivity contribution is -0.0926. The van der Waals surface area contributed by atoms with Crippen LogP contribution in [-0.2, 0) is 28.5 Å². The molecule has 1 N–H and O–H groups in total. The van der Waals surface area contributed by atoms with Gasteiger partial charge >= 0.3 is 0 Å². The van der Waals surface area contributed by atoms with Crippen molar-refractivity contribution in [3.63, 3.8) is 0 Å². The number of benzene rings is 3. The highest BCUT2D eigenvalue weighted by molar-refractivity contribution is 7.44. The molecule has 0 radical (unpaired) electrons. The molecular formula is C47H64N7O7PSi. The van der Waals surface area contributed by atoms with Gasteiger partial charge in [-0.25, -0.2) is 19.6 Å². The van der Waals surface area contributed by atoms with Crippen LogP contribution < -0.4 is 14.8 Å². The third kappa shape index (κ3) is 10.2. The summed E-state index contributed by atoms with van der Waals surface area (Å²) in [5.74, 6) is 2.04. The number of hydrogen-bond donors (Lipinski definition) is 1. The Morgan fingerprint density at radius 2 is 1.44 bits per heavy atom. The van der Waals surface area contributed by atoms with Crippen molar-refractivity contribution in [2.45, 2.75) is 115 Å². The topological polar surface area (TPSA) is 147 Å². The highest BCUT2D eigenvalue weighted by Gasteiger charge is 2.54. The molecule has 338 valence electrons. The van der Waals surface area contributed by atoms with Crippen molar-refractivity contribution in [3.8, 4) is 17.6 Å². The van der Waals surface area contributed by atoms with E-state index in [1.807, 2.05) is 78.3 Å². The first-order valence-corrected chi connectivity index (χ1v) is 25.6. The molecule has 1 aliphatic heterocycles. The van der Waals surface area contributed by atoms with E-state index in [9.17, 15) is 5.26 Å². The lowest BCUT2D eigenvalue weighted by atomic mass is 9.80. The van der Waals surface area contributed by atoms with Gasteiger partial charge in [-0.1, -0.05) is 75.4 Å². The van der Waals surface area contributed by atoms with Gasteiger partial charge in [-0.3, -0.25) is 4.57 Å². The average molecular weight is 898 g/mol. The molecular weight excluding hydrogens is 834 g/mol. The number of imidazole rings is 1. The number of hydrogen-bond acceptors (Lipinski definition) is 13. The van der Waals surface area contributed by atoms with Gasteiger partial charge in [-0.15, -0.1) is 0 Å². The van der Waals surface area contributed by atoms with Crippen LogP contribution >= 0.6 is 8.53 Å². The third-order valence-electron chi connectivity index (χ3n) is 11.9. The van der Waals surface area contributed by atoms with Gasteiger partial charge in [0.1, 0.15) is 47.3 Å². The van der Waals surface area contributed by atoms with Crippen LogP contribution in [0.25, 0.3) is 11.2 Å². The Kier molecular flexibility index (Phi) is 15.7. The van der Waals surface area contributed by atoms with Crippen molar-refractivity contribution < 1.29 is 32.4 Å². The Hall–Kier alpha value is -4.49. The molecule has 63 heavy (non-hydrogen) atoms. The van der Waals surface area contributed by atoms with Crippen molar-refractivity contribution in [1.29, 1.82) is 5.26 Å². The van der Waals surface area contributed by atoms with Crippen molar-refractivity contribution in [2.24, 2.45) is 0 Å². The minimum atomic E-state index is -2.56. The number of rotatable bonds is 20. The van der Waals surface area contributed by atoms with E-state index in [0.29, 0.717) is 17.0 Å². The first-order chi connectivity index (χ1) is 30.1. The van der Waals surface area contributed by atoms with E-state index in [0.717, 1.165) is 28.2 Å². The molecule has 0 amide bonds. The predicted octanol–water partition coefficient (Wildman–Crippen LogP) is 9.84. The van der Waals surface area contributed by atoms with E-state index < -0.39 is 47.0 Å². The Morgan fingerprint density at radius 1 is 0.857 bits per heavy atom. The molecule has 6 rings (SSSR count). The van der Waals surface area contributed by atoms with Gasteiger partial charge < -0.3 is 37.7 Å². The molecule has 3 heterocycles. The maximum Gasteiger partial charge on any atom is 0.259 e. The van der Waals surface area contributed by atoms with Crippen molar-refractivity contribution in [2.75, 3.05) is 39.8 Å². The maximum absolute atomic E-state index is 9.59. The predicted molar refractivity (Wildman–Crippen MR) is 249 cm³/mol. The van der Waals surface area contributed by atoms with E-state index in [1.54, 1.807) is 20.5 Å².